The van der Waals surface area contributed by atoms with Crippen molar-refractivity contribution in [1.82, 2.24) is 25.1 Å². The molecule has 3 heterocycles. The van der Waals surface area contributed by atoms with Crippen LogP contribution in [0, 0.1) is 6.92 Å². The van der Waals surface area contributed by atoms with Crippen LogP contribution in [0.2, 0.25) is 0 Å². The van der Waals surface area contributed by atoms with Crippen molar-refractivity contribution < 1.29 is 7.59 Å². The van der Waals surface area contributed by atoms with E-state index in [-0.39, 0.29) is 8.39 Å². The van der Waals surface area contributed by atoms with Gasteiger partial charge >= 0.3 is 0 Å². The van der Waals surface area contributed by atoms with Crippen LogP contribution < -0.4 is 15.0 Å². The molecule has 180 valence electrons. The SMILES string of the molecule is CCOc1ccc(Sc2nc(Nc3cc(C)[nH]n3)cc(N3CCN(C(C)(C)C)CC3)n2)cc1.[HH].[HH]. The number of nitrogens with zero attached hydrogens (tertiary/aromatic N) is 5. The fraction of sp³-hybridized carbons (Fsp3) is 0.458. The average molecular weight is 472 g/mol. The highest BCUT2D eigenvalue weighted by molar-refractivity contribution is 7.99. The number of benzene rings is 1. The second kappa shape index (κ2) is 10.0. The van der Waals surface area contributed by atoms with E-state index in [4.69, 9.17) is 14.7 Å². The van der Waals surface area contributed by atoms with E-state index in [2.05, 4.69) is 46.1 Å². The van der Waals surface area contributed by atoms with Crippen LogP contribution in [0.4, 0.5) is 17.5 Å². The maximum Gasteiger partial charge on any atom is 0.196 e. The number of hydrogen-bond donors (Lipinski definition) is 2. The van der Waals surface area contributed by atoms with Crippen molar-refractivity contribution in [3.8, 4) is 5.75 Å². The first-order chi connectivity index (χ1) is 15.8. The molecule has 33 heavy (non-hydrogen) atoms. The molecular weight excluding hydrogens is 434 g/mol. The van der Waals surface area contributed by atoms with Crippen LogP contribution in [0.3, 0.4) is 0 Å². The number of nitrogens with one attached hydrogen (secondary N) is 2. The summed E-state index contributed by atoms with van der Waals surface area (Å²) in [5.41, 5.74) is 1.17. The number of ether oxygens (including phenoxy) is 1. The molecule has 0 amide bonds. The van der Waals surface area contributed by atoms with Gasteiger partial charge in [-0.25, -0.2) is 9.97 Å². The molecule has 0 radical (unpaired) electrons. The van der Waals surface area contributed by atoms with Gasteiger partial charge in [0.15, 0.2) is 11.0 Å². The Morgan fingerprint density at radius 2 is 1.79 bits per heavy atom. The van der Waals surface area contributed by atoms with Crippen molar-refractivity contribution in [2.45, 2.75) is 50.2 Å². The van der Waals surface area contributed by atoms with E-state index < -0.39 is 0 Å². The van der Waals surface area contributed by atoms with Crippen molar-refractivity contribution in [1.29, 1.82) is 0 Å². The van der Waals surface area contributed by atoms with Crippen LogP contribution in [-0.2, 0) is 0 Å². The molecule has 2 N–H and O–H groups in total. The van der Waals surface area contributed by atoms with Crippen molar-refractivity contribution in [2.75, 3.05) is 43.0 Å². The van der Waals surface area contributed by atoms with Crippen LogP contribution in [0.15, 0.2) is 46.5 Å². The molecule has 4 rings (SSSR count). The molecule has 0 unspecified atom stereocenters. The molecule has 1 saturated heterocycles. The molecule has 9 heteroatoms. The largest absolute Gasteiger partial charge is 0.494 e. The number of aromatic amines is 1. The fourth-order valence-electron chi connectivity index (χ4n) is 3.78. The Morgan fingerprint density at radius 3 is 2.39 bits per heavy atom. The first-order valence-corrected chi connectivity index (χ1v) is 12.2. The lowest BCUT2D eigenvalue weighted by Gasteiger charge is -2.42. The third-order valence-corrected chi connectivity index (χ3v) is 6.42. The molecule has 0 bridgehead atoms. The number of hydrogen-bond acceptors (Lipinski definition) is 8. The summed E-state index contributed by atoms with van der Waals surface area (Å²) in [6, 6.07) is 12.0. The molecule has 8 nitrogen and oxygen atoms in total. The summed E-state index contributed by atoms with van der Waals surface area (Å²) < 4.78 is 5.56. The predicted molar refractivity (Wildman–Crippen MR) is 138 cm³/mol. The molecule has 3 aromatic rings. The van der Waals surface area contributed by atoms with Crippen molar-refractivity contribution >= 4 is 29.2 Å². The third-order valence-electron chi connectivity index (χ3n) is 5.55. The smallest absolute Gasteiger partial charge is 0.196 e. The maximum absolute atomic E-state index is 5.56. The zero-order chi connectivity index (χ0) is 23.4. The molecule has 1 fully saturated rings. The summed E-state index contributed by atoms with van der Waals surface area (Å²) in [6.45, 7) is 15.3. The standard InChI is InChI=1S/C24H33N7OS.2H2/c1-6-32-18-7-9-19(10-8-18)33-23-26-20(25-21-15-17(2)28-29-21)16-22(27-23)30-11-13-31(14-12-30)24(3,4)5;;/h7-10,15-16H,6,11-14H2,1-5H3,(H2,25,26,27,28,29);2*1H. The Balaban J connectivity index is 0.00000216. The zero-order valence-electron chi connectivity index (χ0n) is 20.1. The summed E-state index contributed by atoms with van der Waals surface area (Å²) in [7, 11) is 0. The molecular formula is C24H37N7OS. The molecule has 0 atom stereocenters. The van der Waals surface area contributed by atoms with Gasteiger partial charge in [-0.1, -0.05) is 0 Å². The van der Waals surface area contributed by atoms with E-state index in [9.17, 15) is 0 Å². The first-order valence-electron chi connectivity index (χ1n) is 11.4. The Morgan fingerprint density at radius 1 is 1.06 bits per heavy atom. The molecule has 1 aromatic carbocycles. The van der Waals surface area contributed by atoms with Crippen molar-refractivity contribution in [3.63, 3.8) is 0 Å². The summed E-state index contributed by atoms with van der Waals surface area (Å²) in [4.78, 5) is 15.6. The second-order valence-electron chi connectivity index (χ2n) is 9.11. The number of piperazine rings is 1. The quantitative estimate of drug-likeness (QED) is 0.454. The third kappa shape index (κ3) is 6.17. The number of anilines is 3. The molecule has 1 aliphatic rings. The van der Waals surface area contributed by atoms with Crippen LogP contribution in [0.5, 0.6) is 5.75 Å². The second-order valence-corrected chi connectivity index (χ2v) is 10.1. The van der Waals surface area contributed by atoms with Gasteiger partial charge in [0.25, 0.3) is 0 Å². The number of aromatic nitrogens is 4. The Hall–Kier alpha value is -2.78. The van der Waals surface area contributed by atoms with Gasteiger partial charge in [0.2, 0.25) is 0 Å². The molecule has 0 aliphatic carbocycles. The predicted octanol–water partition coefficient (Wildman–Crippen LogP) is 5.21. The highest BCUT2D eigenvalue weighted by Crippen LogP contribution is 2.31. The van der Waals surface area contributed by atoms with E-state index in [0.29, 0.717) is 11.8 Å². The molecule has 0 saturated carbocycles. The lowest BCUT2D eigenvalue weighted by atomic mass is 10.1. The van der Waals surface area contributed by atoms with Crippen LogP contribution >= 0.6 is 11.8 Å². The molecule has 1 aliphatic heterocycles. The molecule has 2 aromatic heterocycles. The Kier molecular flexibility index (Phi) is 7.09. The van der Waals surface area contributed by atoms with Gasteiger partial charge in [0.1, 0.15) is 17.4 Å². The average Bonchev–Trinajstić information content (AvgIpc) is 3.19. The topological polar surface area (TPSA) is 82.2 Å². The Labute approximate surface area is 203 Å². The van der Waals surface area contributed by atoms with Crippen molar-refractivity contribution in [3.05, 3.63) is 42.1 Å². The van der Waals surface area contributed by atoms with Crippen LogP contribution in [0.1, 0.15) is 36.2 Å². The number of aryl methyl sites for hydroxylation is 1. The van der Waals surface area contributed by atoms with E-state index in [0.717, 1.165) is 60.0 Å². The highest BCUT2D eigenvalue weighted by atomic mass is 32.2. The summed E-state index contributed by atoms with van der Waals surface area (Å²) in [5, 5.41) is 11.3. The van der Waals surface area contributed by atoms with Crippen LogP contribution in [-0.4, -0.2) is 63.4 Å². The van der Waals surface area contributed by atoms with E-state index >= 15 is 0 Å². The van der Waals surface area contributed by atoms with Crippen LogP contribution in [0.25, 0.3) is 0 Å². The Bertz CT molecular complexity index is 1060. The van der Waals surface area contributed by atoms with E-state index in [1.807, 2.05) is 50.2 Å². The van der Waals surface area contributed by atoms with Gasteiger partial charge in [0, 0.05) is 57.3 Å². The lowest BCUT2D eigenvalue weighted by molar-refractivity contribution is 0.128. The highest BCUT2D eigenvalue weighted by Gasteiger charge is 2.26. The minimum Gasteiger partial charge on any atom is -0.494 e. The lowest BCUT2D eigenvalue weighted by Crippen LogP contribution is -2.53. The molecule has 0 spiro atoms. The van der Waals surface area contributed by atoms with Gasteiger partial charge in [0.05, 0.1) is 6.61 Å². The minimum absolute atomic E-state index is 0. The zero-order valence-corrected chi connectivity index (χ0v) is 20.9. The van der Waals surface area contributed by atoms with Gasteiger partial charge < -0.3 is 15.0 Å². The van der Waals surface area contributed by atoms with Gasteiger partial charge in [-0.3, -0.25) is 10.00 Å². The summed E-state index contributed by atoms with van der Waals surface area (Å²) in [6.07, 6.45) is 0. The van der Waals surface area contributed by atoms with E-state index in [1.54, 1.807) is 11.8 Å². The fourth-order valence-corrected chi connectivity index (χ4v) is 4.55. The first kappa shape index (κ1) is 23.4. The summed E-state index contributed by atoms with van der Waals surface area (Å²) >= 11 is 1.54. The normalized spacial score (nSPS) is 15.0. The number of H-pyrrole nitrogens is 1. The van der Waals surface area contributed by atoms with Gasteiger partial charge in [-0.15, -0.1) is 0 Å². The van der Waals surface area contributed by atoms with Gasteiger partial charge in [-0.2, -0.15) is 5.10 Å². The number of rotatable bonds is 7. The minimum atomic E-state index is 0. The van der Waals surface area contributed by atoms with Gasteiger partial charge in [-0.05, 0) is 70.6 Å². The monoisotopic (exact) mass is 471 g/mol. The van der Waals surface area contributed by atoms with Crippen molar-refractivity contribution in [2.24, 2.45) is 0 Å². The summed E-state index contributed by atoms with van der Waals surface area (Å²) in [5.74, 6) is 3.27. The van der Waals surface area contributed by atoms with E-state index in [1.165, 1.54) is 0 Å². The maximum atomic E-state index is 5.56.